The maximum Gasteiger partial charge on any atom is 0.327 e. The number of ether oxygens (including phenoxy) is 1. The molecule has 0 radical (unpaired) electrons. The number of carbonyl (C=O) groups excluding carboxylic acids is 1. The third-order valence-electron chi connectivity index (χ3n) is 1.42. The predicted molar refractivity (Wildman–Crippen MR) is 61.5 cm³/mol. The molecular formula is C10H15ClN2O3. The lowest BCUT2D eigenvalue weighted by molar-refractivity contribution is -0.144. The van der Waals surface area contributed by atoms with Crippen LogP contribution in [0.4, 0.5) is 0 Å². The molecule has 6 heteroatoms. The van der Waals surface area contributed by atoms with Crippen molar-refractivity contribution in [1.29, 1.82) is 0 Å². The van der Waals surface area contributed by atoms with Gasteiger partial charge in [0.25, 0.3) is 5.56 Å². The van der Waals surface area contributed by atoms with Crippen molar-refractivity contribution < 1.29 is 9.53 Å². The number of nitrogens with zero attached hydrogens (tertiary/aromatic N) is 2. The minimum atomic E-state index is -0.510. The van der Waals surface area contributed by atoms with E-state index >= 15 is 0 Å². The molecule has 0 saturated heterocycles. The van der Waals surface area contributed by atoms with Gasteiger partial charge in [-0.2, -0.15) is 5.10 Å². The fourth-order valence-electron chi connectivity index (χ4n) is 0.866. The number of aromatic nitrogens is 2. The third-order valence-corrected chi connectivity index (χ3v) is 1.62. The van der Waals surface area contributed by atoms with Gasteiger partial charge in [-0.25, -0.2) is 4.68 Å². The molecule has 0 aliphatic heterocycles. The lowest BCUT2D eigenvalue weighted by atomic mass is 10.5. The van der Waals surface area contributed by atoms with Gasteiger partial charge in [-0.3, -0.25) is 9.59 Å². The van der Waals surface area contributed by atoms with Crippen molar-refractivity contribution in [3.63, 3.8) is 0 Å². The molecule has 0 N–H and O–H groups in total. The molecule has 1 aromatic heterocycles. The molecule has 1 heterocycles. The number of carbonyl (C=O) groups is 1. The van der Waals surface area contributed by atoms with E-state index in [2.05, 4.69) is 9.84 Å². The smallest absolute Gasteiger partial charge is 0.327 e. The van der Waals surface area contributed by atoms with Crippen LogP contribution in [0.3, 0.4) is 0 Å². The van der Waals surface area contributed by atoms with E-state index < -0.39 is 5.97 Å². The van der Waals surface area contributed by atoms with Gasteiger partial charge in [0, 0.05) is 6.07 Å². The van der Waals surface area contributed by atoms with Gasteiger partial charge < -0.3 is 4.74 Å². The minimum absolute atomic E-state index is 0.161. The van der Waals surface area contributed by atoms with Crippen LogP contribution in [-0.4, -0.2) is 22.4 Å². The quantitative estimate of drug-likeness (QED) is 0.758. The Morgan fingerprint density at radius 1 is 1.50 bits per heavy atom. The Balaban J connectivity index is 0.00000106. The average Bonchev–Trinajstić information content (AvgIpc) is 2.27. The van der Waals surface area contributed by atoms with Crippen LogP contribution in [0.25, 0.3) is 0 Å². The van der Waals surface area contributed by atoms with Gasteiger partial charge in [-0.05, 0) is 13.0 Å². The maximum atomic E-state index is 11.1. The molecule has 0 bridgehead atoms. The lowest BCUT2D eigenvalue weighted by Crippen LogP contribution is -2.26. The van der Waals surface area contributed by atoms with Gasteiger partial charge in [0.15, 0.2) is 0 Å². The van der Waals surface area contributed by atoms with Crippen LogP contribution in [0, 0.1) is 0 Å². The molecule has 16 heavy (non-hydrogen) atoms. The molecule has 0 aliphatic carbocycles. The fraction of sp³-hybridized carbons (Fsp3) is 0.500. The van der Waals surface area contributed by atoms with Crippen molar-refractivity contribution in [2.45, 2.75) is 27.3 Å². The summed E-state index contributed by atoms with van der Waals surface area (Å²) in [7, 11) is 0. The first kappa shape index (κ1) is 14.6. The monoisotopic (exact) mass is 246 g/mol. The number of halogens is 1. The Hall–Kier alpha value is -1.36. The number of esters is 1. The molecule has 0 saturated carbocycles. The Labute approximate surface area is 99.0 Å². The van der Waals surface area contributed by atoms with E-state index in [0.717, 1.165) is 4.68 Å². The molecule has 0 unspecified atom stereocenters. The Morgan fingerprint density at radius 3 is 2.69 bits per heavy atom. The second kappa shape index (κ2) is 7.87. The molecule has 0 fully saturated rings. The van der Waals surface area contributed by atoms with Crippen molar-refractivity contribution in [2.24, 2.45) is 0 Å². The Morgan fingerprint density at radius 2 is 2.12 bits per heavy atom. The van der Waals surface area contributed by atoms with Gasteiger partial charge in [0.05, 0.1) is 6.61 Å². The van der Waals surface area contributed by atoms with Crippen molar-refractivity contribution in [3.8, 4) is 0 Å². The van der Waals surface area contributed by atoms with E-state index in [1.165, 1.54) is 12.1 Å². The number of hydrogen-bond acceptors (Lipinski definition) is 4. The van der Waals surface area contributed by atoms with Crippen molar-refractivity contribution in [2.75, 3.05) is 6.61 Å². The van der Waals surface area contributed by atoms with Crippen LogP contribution < -0.4 is 5.56 Å². The molecule has 0 amide bonds. The molecule has 5 nitrogen and oxygen atoms in total. The van der Waals surface area contributed by atoms with Crippen LogP contribution in [0.5, 0.6) is 0 Å². The van der Waals surface area contributed by atoms with Gasteiger partial charge in [-0.15, -0.1) is 0 Å². The topological polar surface area (TPSA) is 61.2 Å². The summed E-state index contributed by atoms with van der Waals surface area (Å²) in [5, 5.41) is 3.82. The van der Waals surface area contributed by atoms with Crippen molar-refractivity contribution in [3.05, 3.63) is 27.6 Å². The fourth-order valence-corrected chi connectivity index (χ4v) is 1.02. The molecule has 0 aliphatic rings. The Kier molecular flexibility index (Phi) is 7.20. The highest BCUT2D eigenvalue weighted by molar-refractivity contribution is 6.29. The first-order chi connectivity index (χ1) is 7.63. The van der Waals surface area contributed by atoms with E-state index in [9.17, 15) is 9.59 Å². The first-order valence-corrected chi connectivity index (χ1v) is 5.40. The van der Waals surface area contributed by atoms with Crippen molar-refractivity contribution >= 4 is 17.6 Å². The standard InChI is InChI=1S/C8H9ClN2O3.C2H6/c1-2-14-8(13)5-11-7(12)4-3-6(9)10-11;1-2/h3-4H,2,5H2,1H3;1-2H3. The molecular weight excluding hydrogens is 232 g/mol. The predicted octanol–water partition coefficient (Wildman–Crippen LogP) is 1.49. The molecule has 0 atom stereocenters. The maximum absolute atomic E-state index is 11.1. The van der Waals surface area contributed by atoms with E-state index in [1.807, 2.05) is 13.8 Å². The zero-order chi connectivity index (χ0) is 12.6. The summed E-state index contributed by atoms with van der Waals surface area (Å²) in [6.45, 7) is 5.74. The molecule has 0 aromatic carbocycles. The number of rotatable bonds is 3. The van der Waals surface area contributed by atoms with Crippen LogP contribution in [0.2, 0.25) is 5.15 Å². The highest BCUT2D eigenvalue weighted by Crippen LogP contribution is 1.97. The molecule has 1 aromatic rings. The van der Waals surface area contributed by atoms with Crippen LogP contribution in [0.15, 0.2) is 16.9 Å². The van der Waals surface area contributed by atoms with Gasteiger partial charge in [0.1, 0.15) is 11.7 Å². The number of hydrogen-bond donors (Lipinski definition) is 0. The summed E-state index contributed by atoms with van der Waals surface area (Å²) >= 11 is 5.55. The van der Waals surface area contributed by atoms with Gasteiger partial charge in [-0.1, -0.05) is 25.4 Å². The SMILES string of the molecule is CC.CCOC(=O)Cn1nc(Cl)ccc1=O. The highest BCUT2D eigenvalue weighted by Gasteiger charge is 2.06. The Bertz CT molecular complexity index is 390. The summed E-state index contributed by atoms with van der Waals surface area (Å²) < 4.78 is 5.62. The summed E-state index contributed by atoms with van der Waals surface area (Å²) in [5.41, 5.74) is -0.387. The summed E-state index contributed by atoms with van der Waals surface area (Å²) in [4.78, 5) is 22.2. The van der Waals surface area contributed by atoms with Crippen LogP contribution in [0.1, 0.15) is 20.8 Å². The summed E-state index contributed by atoms with van der Waals surface area (Å²) in [6.07, 6.45) is 0. The van der Waals surface area contributed by atoms with Gasteiger partial charge >= 0.3 is 5.97 Å². The third kappa shape index (κ3) is 4.93. The second-order valence-electron chi connectivity index (χ2n) is 2.46. The first-order valence-electron chi connectivity index (χ1n) is 5.02. The van der Waals surface area contributed by atoms with E-state index in [0.29, 0.717) is 0 Å². The van der Waals surface area contributed by atoms with Crippen LogP contribution >= 0.6 is 11.6 Å². The second-order valence-corrected chi connectivity index (χ2v) is 2.84. The summed E-state index contributed by atoms with van der Waals surface area (Å²) in [5.74, 6) is -0.510. The van der Waals surface area contributed by atoms with Gasteiger partial charge in [0.2, 0.25) is 0 Å². The largest absolute Gasteiger partial charge is 0.465 e. The molecule has 0 spiro atoms. The average molecular weight is 247 g/mol. The minimum Gasteiger partial charge on any atom is -0.465 e. The zero-order valence-electron chi connectivity index (χ0n) is 9.57. The zero-order valence-corrected chi connectivity index (χ0v) is 10.3. The van der Waals surface area contributed by atoms with E-state index in [1.54, 1.807) is 6.92 Å². The summed E-state index contributed by atoms with van der Waals surface area (Å²) in [6, 6.07) is 2.61. The van der Waals surface area contributed by atoms with E-state index in [-0.39, 0.29) is 23.9 Å². The van der Waals surface area contributed by atoms with Crippen molar-refractivity contribution in [1.82, 2.24) is 9.78 Å². The lowest BCUT2D eigenvalue weighted by Gasteiger charge is -2.03. The highest BCUT2D eigenvalue weighted by atomic mass is 35.5. The molecule has 1 rings (SSSR count). The van der Waals surface area contributed by atoms with E-state index in [4.69, 9.17) is 11.6 Å². The molecule has 90 valence electrons. The van der Waals surface area contributed by atoms with Crippen LogP contribution in [-0.2, 0) is 16.1 Å². The normalized spacial score (nSPS) is 9.00.